The SMILES string of the molecule is CC(NC(=O)c1csc(CN)n1)C(=O)N1CCOCC1. The highest BCUT2D eigenvalue weighted by Gasteiger charge is 2.24. The molecule has 2 heterocycles. The van der Waals surface area contributed by atoms with Gasteiger partial charge >= 0.3 is 0 Å². The molecule has 1 atom stereocenters. The van der Waals surface area contributed by atoms with Crippen molar-refractivity contribution in [2.24, 2.45) is 5.73 Å². The van der Waals surface area contributed by atoms with Crippen LogP contribution >= 0.6 is 11.3 Å². The van der Waals surface area contributed by atoms with Crippen LogP contribution in [-0.4, -0.2) is 54.0 Å². The van der Waals surface area contributed by atoms with Gasteiger partial charge in [-0.25, -0.2) is 4.98 Å². The number of nitrogens with zero attached hydrogens (tertiary/aromatic N) is 2. The molecule has 1 aliphatic heterocycles. The lowest BCUT2D eigenvalue weighted by molar-refractivity contribution is -0.136. The van der Waals surface area contributed by atoms with E-state index in [9.17, 15) is 9.59 Å². The van der Waals surface area contributed by atoms with Crippen LogP contribution in [0, 0.1) is 0 Å². The maximum absolute atomic E-state index is 12.1. The van der Waals surface area contributed by atoms with Crippen LogP contribution in [0.1, 0.15) is 22.4 Å². The van der Waals surface area contributed by atoms with E-state index in [4.69, 9.17) is 10.5 Å². The lowest BCUT2D eigenvalue weighted by Crippen LogP contribution is -2.50. The Kier molecular flexibility index (Phi) is 5.05. The third kappa shape index (κ3) is 3.53. The van der Waals surface area contributed by atoms with Crippen molar-refractivity contribution in [1.82, 2.24) is 15.2 Å². The molecule has 1 saturated heterocycles. The normalized spacial score (nSPS) is 16.8. The first kappa shape index (κ1) is 14.9. The lowest BCUT2D eigenvalue weighted by Gasteiger charge is -2.29. The minimum absolute atomic E-state index is 0.101. The smallest absolute Gasteiger partial charge is 0.271 e. The predicted octanol–water partition coefficient (Wildman–Crippen LogP) is -0.421. The number of nitrogens with two attached hydrogens (primary N) is 1. The Morgan fingerprint density at radius 1 is 1.55 bits per heavy atom. The zero-order chi connectivity index (χ0) is 14.5. The fourth-order valence-corrected chi connectivity index (χ4v) is 2.55. The second-order valence-corrected chi connectivity index (χ2v) is 5.41. The van der Waals surface area contributed by atoms with Crippen LogP contribution in [0.15, 0.2) is 5.38 Å². The molecule has 0 aliphatic carbocycles. The second-order valence-electron chi connectivity index (χ2n) is 4.46. The van der Waals surface area contributed by atoms with Crippen LogP contribution in [0.25, 0.3) is 0 Å². The van der Waals surface area contributed by atoms with E-state index >= 15 is 0 Å². The molecule has 8 heteroatoms. The molecule has 110 valence electrons. The molecule has 2 rings (SSSR count). The maximum atomic E-state index is 12.1. The van der Waals surface area contributed by atoms with Gasteiger partial charge in [0, 0.05) is 25.0 Å². The number of ether oxygens (including phenoxy) is 1. The number of aromatic nitrogens is 1. The van der Waals surface area contributed by atoms with Gasteiger partial charge in [-0.3, -0.25) is 9.59 Å². The van der Waals surface area contributed by atoms with E-state index in [1.165, 1.54) is 11.3 Å². The third-order valence-electron chi connectivity index (χ3n) is 3.00. The van der Waals surface area contributed by atoms with Gasteiger partial charge in [-0.05, 0) is 6.92 Å². The molecule has 0 radical (unpaired) electrons. The average molecular weight is 298 g/mol. The highest BCUT2D eigenvalue weighted by molar-refractivity contribution is 7.09. The summed E-state index contributed by atoms with van der Waals surface area (Å²) in [4.78, 5) is 29.9. The van der Waals surface area contributed by atoms with Crippen LogP contribution in [0.2, 0.25) is 0 Å². The van der Waals surface area contributed by atoms with E-state index in [1.807, 2.05) is 0 Å². The summed E-state index contributed by atoms with van der Waals surface area (Å²) in [5.41, 5.74) is 5.76. The van der Waals surface area contributed by atoms with Crippen LogP contribution in [0.3, 0.4) is 0 Å². The van der Waals surface area contributed by atoms with E-state index in [2.05, 4.69) is 10.3 Å². The number of rotatable bonds is 4. The first-order valence-electron chi connectivity index (χ1n) is 6.43. The molecule has 20 heavy (non-hydrogen) atoms. The van der Waals surface area contributed by atoms with E-state index in [-0.39, 0.29) is 11.8 Å². The molecule has 3 N–H and O–H groups in total. The van der Waals surface area contributed by atoms with Crippen molar-refractivity contribution in [3.63, 3.8) is 0 Å². The molecule has 1 unspecified atom stereocenters. The molecular formula is C12H18N4O3S. The number of morpholine rings is 1. The zero-order valence-corrected chi connectivity index (χ0v) is 12.1. The van der Waals surface area contributed by atoms with E-state index < -0.39 is 6.04 Å². The summed E-state index contributed by atoms with van der Waals surface area (Å²) in [5.74, 6) is -0.453. The minimum Gasteiger partial charge on any atom is -0.378 e. The Hall–Kier alpha value is -1.51. The number of amides is 2. The van der Waals surface area contributed by atoms with Crippen LogP contribution in [-0.2, 0) is 16.1 Å². The van der Waals surface area contributed by atoms with E-state index in [0.717, 1.165) is 0 Å². The predicted molar refractivity (Wildman–Crippen MR) is 74.3 cm³/mol. The number of nitrogens with one attached hydrogen (secondary N) is 1. The Morgan fingerprint density at radius 3 is 2.85 bits per heavy atom. The summed E-state index contributed by atoms with van der Waals surface area (Å²) >= 11 is 1.33. The molecular weight excluding hydrogens is 280 g/mol. The Morgan fingerprint density at radius 2 is 2.25 bits per heavy atom. The molecule has 0 spiro atoms. The second kappa shape index (κ2) is 6.78. The summed E-state index contributed by atoms with van der Waals surface area (Å²) in [6, 6.07) is -0.580. The van der Waals surface area contributed by atoms with E-state index in [1.54, 1.807) is 17.2 Å². The summed E-state index contributed by atoms with van der Waals surface area (Å²) < 4.78 is 5.19. The molecule has 1 fully saturated rings. The molecule has 0 bridgehead atoms. The van der Waals surface area contributed by atoms with Crippen molar-refractivity contribution in [2.45, 2.75) is 19.5 Å². The molecule has 0 saturated carbocycles. The van der Waals surface area contributed by atoms with Gasteiger partial charge in [0.25, 0.3) is 5.91 Å². The van der Waals surface area contributed by atoms with E-state index in [0.29, 0.717) is 43.5 Å². The molecule has 1 aromatic rings. The van der Waals surface area contributed by atoms with Gasteiger partial charge in [0.2, 0.25) is 5.91 Å². The van der Waals surface area contributed by atoms with Gasteiger partial charge in [0.05, 0.1) is 13.2 Å². The largest absolute Gasteiger partial charge is 0.378 e. The number of hydrogen-bond donors (Lipinski definition) is 2. The third-order valence-corrected chi connectivity index (χ3v) is 3.87. The van der Waals surface area contributed by atoms with Gasteiger partial charge in [0.1, 0.15) is 16.7 Å². The van der Waals surface area contributed by atoms with Gasteiger partial charge in [-0.2, -0.15) is 0 Å². The monoisotopic (exact) mass is 298 g/mol. The quantitative estimate of drug-likeness (QED) is 0.787. The molecule has 2 amide bonds. The summed E-state index contributed by atoms with van der Waals surface area (Å²) in [6.07, 6.45) is 0. The van der Waals surface area contributed by atoms with Crippen LogP contribution in [0.5, 0.6) is 0 Å². The molecule has 1 aliphatic rings. The molecule has 7 nitrogen and oxygen atoms in total. The maximum Gasteiger partial charge on any atom is 0.271 e. The highest BCUT2D eigenvalue weighted by Crippen LogP contribution is 2.09. The summed E-state index contributed by atoms with van der Waals surface area (Å²) in [5, 5.41) is 5.00. The van der Waals surface area contributed by atoms with Gasteiger partial charge < -0.3 is 20.7 Å². The van der Waals surface area contributed by atoms with Crippen molar-refractivity contribution < 1.29 is 14.3 Å². The highest BCUT2D eigenvalue weighted by atomic mass is 32.1. The van der Waals surface area contributed by atoms with Crippen molar-refractivity contribution in [3.05, 3.63) is 16.1 Å². The topological polar surface area (TPSA) is 97.6 Å². The van der Waals surface area contributed by atoms with Gasteiger partial charge in [-0.1, -0.05) is 0 Å². The first-order valence-corrected chi connectivity index (χ1v) is 7.31. The van der Waals surface area contributed by atoms with Crippen LogP contribution in [0.4, 0.5) is 0 Å². The first-order chi connectivity index (χ1) is 9.61. The van der Waals surface area contributed by atoms with Crippen LogP contribution < -0.4 is 11.1 Å². The Labute approximate surface area is 121 Å². The Balaban J connectivity index is 1.91. The fraction of sp³-hybridized carbons (Fsp3) is 0.583. The van der Waals surface area contributed by atoms with Crippen molar-refractivity contribution in [3.8, 4) is 0 Å². The van der Waals surface area contributed by atoms with Gasteiger partial charge in [-0.15, -0.1) is 11.3 Å². The number of thiazole rings is 1. The number of carbonyl (C=O) groups is 2. The lowest BCUT2D eigenvalue weighted by atomic mass is 10.2. The molecule has 0 aromatic carbocycles. The zero-order valence-electron chi connectivity index (χ0n) is 11.3. The van der Waals surface area contributed by atoms with Gasteiger partial charge in [0.15, 0.2) is 0 Å². The summed E-state index contributed by atoms with van der Waals surface area (Å²) in [6.45, 7) is 4.18. The molecule has 1 aromatic heterocycles. The standard InChI is InChI=1S/C12H18N4O3S/c1-8(12(18)16-2-4-19-5-3-16)14-11(17)9-7-20-10(6-13)15-9/h7-8H,2-6,13H2,1H3,(H,14,17). The summed E-state index contributed by atoms with van der Waals surface area (Å²) in [7, 11) is 0. The minimum atomic E-state index is -0.580. The number of hydrogen-bond acceptors (Lipinski definition) is 6. The fourth-order valence-electron chi connectivity index (χ4n) is 1.90. The van der Waals surface area contributed by atoms with Crippen molar-refractivity contribution in [2.75, 3.05) is 26.3 Å². The van der Waals surface area contributed by atoms with Crippen molar-refractivity contribution >= 4 is 23.2 Å². The Bertz CT molecular complexity index is 485. The van der Waals surface area contributed by atoms with Crippen molar-refractivity contribution in [1.29, 1.82) is 0 Å². The average Bonchev–Trinajstić information content (AvgIpc) is 2.96. The number of carbonyl (C=O) groups excluding carboxylic acids is 2.